The molecule has 3 aliphatic heterocycles. The molecule has 84 heavy (non-hydrogen) atoms. The third-order valence-corrected chi connectivity index (χ3v) is 16.5. The molecule has 2 amide bonds. The Morgan fingerprint density at radius 3 is 2.15 bits per heavy atom. The van der Waals surface area contributed by atoms with Crippen LogP contribution in [-0.2, 0) is 29.0 Å². The van der Waals surface area contributed by atoms with Gasteiger partial charge in [-0.05, 0) is 171 Å². The molecule has 2 N–H and O–H groups in total. The minimum Gasteiger partial charge on any atom is -0.365 e. The second kappa shape index (κ2) is 22.5. The average molecular weight is 1120 g/mol. The van der Waals surface area contributed by atoms with Crippen LogP contribution in [0.3, 0.4) is 0 Å². The number of likely N-dealkylation sites (tertiary alicyclic amines) is 1. The van der Waals surface area contributed by atoms with Gasteiger partial charge in [-0.1, -0.05) is 24.8 Å². The molecule has 0 radical (unpaired) electrons. The Hall–Kier alpha value is -9.76. The maximum atomic E-state index is 18.1. The number of carbonyl (C=O) groups excluding carboxylic acids is 2. The van der Waals surface area contributed by atoms with Crippen molar-refractivity contribution in [2.24, 2.45) is 0 Å². The van der Waals surface area contributed by atoms with Crippen molar-refractivity contribution in [3.63, 3.8) is 0 Å². The van der Waals surface area contributed by atoms with Gasteiger partial charge in [0.05, 0.1) is 11.2 Å². The molecule has 10 aromatic rings. The van der Waals surface area contributed by atoms with Crippen LogP contribution in [0.1, 0.15) is 53.1 Å². The Kier molecular flexibility index (Phi) is 14.4. The van der Waals surface area contributed by atoms with E-state index in [1.54, 1.807) is 40.4 Å². The van der Waals surface area contributed by atoms with E-state index in [-0.39, 0.29) is 29.9 Å². The smallest absolute Gasteiger partial charge is 0.289 e. The van der Waals surface area contributed by atoms with Gasteiger partial charge in [0, 0.05) is 87.2 Å². The Morgan fingerprint density at radius 2 is 1.45 bits per heavy atom. The number of rotatable bonds is 16. The summed E-state index contributed by atoms with van der Waals surface area (Å²) in [4.78, 5) is 64.6. The number of amides is 2. The highest BCUT2D eigenvalue weighted by atomic mass is 19.1. The number of aromatic nitrogens is 11. The summed E-state index contributed by atoms with van der Waals surface area (Å²) in [6.45, 7) is 11.4. The Morgan fingerprint density at radius 1 is 0.750 bits per heavy atom. The van der Waals surface area contributed by atoms with Crippen LogP contribution in [0, 0.1) is 12.7 Å². The van der Waals surface area contributed by atoms with Crippen LogP contribution in [0.4, 0.5) is 38.9 Å². The first-order chi connectivity index (χ1) is 40.9. The zero-order valence-corrected chi connectivity index (χ0v) is 47.3. The van der Waals surface area contributed by atoms with Crippen molar-refractivity contribution in [2.45, 2.75) is 64.2 Å². The van der Waals surface area contributed by atoms with E-state index in [2.05, 4.69) is 84.5 Å². The summed E-state index contributed by atoms with van der Waals surface area (Å²) in [6, 6.07) is 28.6. The van der Waals surface area contributed by atoms with Gasteiger partial charge in [0.15, 0.2) is 22.9 Å². The molecular formula is C63H64FN18O2+. The SMILES string of the molecule is C=CC(=O)N1CC2CCC(C1)N2c1ccc2ncnc(Nc3ccc(Cc4ccn5ncnc5c4)c(C[n+]4cnc(Nc5ccc(Cc6ccn7ncnc7c6)c(C)c5)c5c(F)c(N6CCN(C(=O)/C=C/CN(C)C)C(C)C6)ccc54)c3)c2n1. The summed E-state index contributed by atoms with van der Waals surface area (Å²) in [7, 11) is 3.93. The molecular weight excluding hydrogens is 1060 g/mol. The van der Waals surface area contributed by atoms with E-state index in [0.29, 0.717) is 97.9 Å². The van der Waals surface area contributed by atoms with Crippen molar-refractivity contribution in [1.82, 2.24) is 63.8 Å². The van der Waals surface area contributed by atoms with Gasteiger partial charge in [0.25, 0.3) is 12.1 Å². The maximum Gasteiger partial charge on any atom is 0.289 e. The minimum absolute atomic E-state index is 0.0453. The number of hydrogen-bond acceptors (Lipinski definition) is 15. The first-order valence-corrected chi connectivity index (χ1v) is 28.4. The van der Waals surface area contributed by atoms with E-state index in [0.717, 1.165) is 74.7 Å². The van der Waals surface area contributed by atoms with Crippen LogP contribution in [0.2, 0.25) is 0 Å². The highest BCUT2D eigenvalue weighted by Gasteiger charge is 2.42. The van der Waals surface area contributed by atoms with Crippen LogP contribution >= 0.6 is 0 Å². The van der Waals surface area contributed by atoms with Crippen LogP contribution in [0.25, 0.3) is 33.2 Å². The molecule has 3 saturated heterocycles. The summed E-state index contributed by atoms with van der Waals surface area (Å²) >= 11 is 0. The molecule has 0 spiro atoms. The second-order valence-electron chi connectivity index (χ2n) is 22.4. The molecule has 21 heteroatoms. The summed E-state index contributed by atoms with van der Waals surface area (Å²) in [5, 5.41) is 16.0. The van der Waals surface area contributed by atoms with E-state index in [1.807, 2.05) is 118 Å². The third kappa shape index (κ3) is 10.7. The van der Waals surface area contributed by atoms with Crippen molar-refractivity contribution < 1.29 is 18.5 Å². The minimum atomic E-state index is -0.410. The van der Waals surface area contributed by atoms with Gasteiger partial charge in [0.2, 0.25) is 11.8 Å². The third-order valence-electron chi connectivity index (χ3n) is 16.5. The van der Waals surface area contributed by atoms with Crippen molar-refractivity contribution >= 4 is 79.6 Å². The van der Waals surface area contributed by atoms with Gasteiger partial charge < -0.3 is 35.1 Å². The number of hydrogen-bond donors (Lipinski definition) is 2. The maximum absolute atomic E-state index is 18.1. The Bertz CT molecular complexity index is 4200. The number of anilines is 6. The largest absolute Gasteiger partial charge is 0.365 e. The van der Waals surface area contributed by atoms with E-state index in [4.69, 9.17) is 15.0 Å². The number of piperazine rings is 2. The van der Waals surface area contributed by atoms with Crippen molar-refractivity contribution in [1.29, 1.82) is 0 Å². The van der Waals surface area contributed by atoms with Gasteiger partial charge >= 0.3 is 0 Å². The van der Waals surface area contributed by atoms with Crippen LogP contribution in [0.5, 0.6) is 0 Å². The summed E-state index contributed by atoms with van der Waals surface area (Å²) in [5.74, 6) is 1.24. The molecule has 424 valence electrons. The number of nitrogens with zero attached hydrogens (tertiary/aromatic N) is 16. The predicted octanol–water partition coefficient (Wildman–Crippen LogP) is 7.63. The van der Waals surface area contributed by atoms with E-state index >= 15 is 4.39 Å². The monoisotopic (exact) mass is 1120 g/mol. The lowest BCUT2D eigenvalue weighted by Gasteiger charge is -2.41. The fourth-order valence-corrected chi connectivity index (χ4v) is 12.3. The highest BCUT2D eigenvalue weighted by Crippen LogP contribution is 2.37. The summed E-state index contributed by atoms with van der Waals surface area (Å²) in [6.07, 6.45) is 18.3. The molecule has 2 bridgehead atoms. The molecule has 3 unspecified atom stereocenters. The van der Waals surface area contributed by atoms with Crippen LogP contribution in [0.15, 0.2) is 147 Å². The van der Waals surface area contributed by atoms with E-state index in [1.165, 1.54) is 6.08 Å². The van der Waals surface area contributed by atoms with Crippen molar-refractivity contribution in [2.75, 3.05) is 73.8 Å². The summed E-state index contributed by atoms with van der Waals surface area (Å²) < 4.78 is 23.6. The highest BCUT2D eigenvalue weighted by molar-refractivity contribution is 5.93. The first kappa shape index (κ1) is 53.5. The summed E-state index contributed by atoms with van der Waals surface area (Å²) in [5.41, 5.74) is 11.8. The quantitative estimate of drug-likeness (QED) is 0.0709. The molecule has 7 aromatic heterocycles. The molecule has 3 fully saturated rings. The van der Waals surface area contributed by atoms with Crippen LogP contribution in [-0.4, -0.2) is 147 Å². The lowest BCUT2D eigenvalue weighted by atomic mass is 9.99. The molecule has 10 heterocycles. The van der Waals surface area contributed by atoms with Gasteiger partial charge in [-0.15, -0.1) is 0 Å². The first-order valence-electron chi connectivity index (χ1n) is 28.4. The number of fused-ring (bicyclic) bond motifs is 6. The number of halogens is 1. The molecule has 0 aliphatic carbocycles. The van der Waals surface area contributed by atoms with Gasteiger partial charge in [-0.25, -0.2) is 42.9 Å². The van der Waals surface area contributed by atoms with Crippen molar-refractivity contribution in [3.05, 3.63) is 187 Å². The van der Waals surface area contributed by atoms with E-state index in [9.17, 15) is 9.59 Å². The number of nitrogens with one attached hydrogen (secondary N) is 2. The molecule has 0 saturated carbocycles. The fraction of sp³-hybridized carbons (Fsp3) is 0.286. The normalized spacial score (nSPS) is 17.2. The van der Waals surface area contributed by atoms with E-state index < -0.39 is 5.82 Å². The van der Waals surface area contributed by atoms with Gasteiger partial charge in [0.1, 0.15) is 47.8 Å². The average Bonchev–Trinajstić information content (AvgIpc) is 2.93. The second-order valence-corrected chi connectivity index (χ2v) is 22.4. The van der Waals surface area contributed by atoms with Gasteiger partial charge in [-0.3, -0.25) is 9.59 Å². The van der Waals surface area contributed by atoms with Gasteiger partial charge in [-0.2, -0.15) is 10.2 Å². The fourth-order valence-electron chi connectivity index (χ4n) is 12.3. The lowest BCUT2D eigenvalue weighted by molar-refractivity contribution is -0.665. The number of likely N-dealkylation sites (N-methyl/N-ethyl adjacent to an activating group) is 1. The number of carbonyl (C=O) groups is 2. The molecule has 20 nitrogen and oxygen atoms in total. The zero-order chi connectivity index (χ0) is 57.6. The van der Waals surface area contributed by atoms with Crippen LogP contribution < -0.4 is 25.0 Å². The lowest BCUT2D eigenvalue weighted by Crippen LogP contribution is -2.55. The number of benzene rings is 3. The molecule has 13 rings (SSSR count). The Labute approximate surface area is 484 Å². The molecule has 3 atom stereocenters. The standard InChI is InChI=1S/C63H63FN18O2/c1-6-57(83)77-34-49-13-14-50(35-77)82(49)54-18-15-51-61(74-54)63(68-36-65-51)73-48-12-10-45(28-43-20-23-81-56(30-43)67-38-71-81)46(31-48)33-78-39-69-62(72-47-11-9-44(40(2)26-47)27-42-19-22-80-55(29-42)66-37-70-80)59-52(78)16-17-53(60(59)64)76-24-25-79(41(3)32-76)58(84)8-7-21-75(4)5/h6-12,15-20,22-23,26,29-31,36-39,41,49-50H,1,13-14,21,24-25,27-28,32-35H2,2-5H3,(H,65,68,73)/p+1/b8-7+. The van der Waals surface area contributed by atoms with Crippen molar-refractivity contribution in [3.8, 4) is 0 Å². The zero-order valence-electron chi connectivity index (χ0n) is 47.3. The Balaban J connectivity index is 0.853. The number of pyridine rings is 3. The topological polar surface area (TPSA) is 190 Å². The molecule has 3 aromatic carbocycles. The number of aryl methyl sites for hydroxylation is 1. The molecule has 3 aliphatic rings. The predicted molar refractivity (Wildman–Crippen MR) is 321 cm³/mol.